The van der Waals surface area contributed by atoms with E-state index in [0.717, 1.165) is 12.1 Å². The molecule has 0 spiro atoms. The van der Waals surface area contributed by atoms with Gasteiger partial charge in [0.25, 0.3) is 0 Å². The van der Waals surface area contributed by atoms with Gasteiger partial charge in [0, 0.05) is 12.1 Å². The summed E-state index contributed by atoms with van der Waals surface area (Å²) in [4.78, 5) is 2.65. The lowest BCUT2D eigenvalue weighted by atomic mass is 10.2. The average Bonchev–Trinajstić information content (AvgIpc) is 2.59. The molecule has 2 atom stereocenters. The van der Waals surface area contributed by atoms with E-state index in [9.17, 15) is 0 Å². The first-order chi connectivity index (χ1) is 3.98. The summed E-state index contributed by atoms with van der Waals surface area (Å²) in [6.45, 7) is 1.42. The molecule has 8 heavy (non-hydrogen) atoms. The van der Waals surface area contributed by atoms with Crippen molar-refractivity contribution < 1.29 is 0 Å². The Bertz CT molecular complexity index is 96.3. The van der Waals surface area contributed by atoms with Crippen LogP contribution in [0.15, 0.2) is 0 Å². The summed E-state index contributed by atoms with van der Waals surface area (Å²) < 4.78 is 0. The van der Waals surface area contributed by atoms with E-state index in [1.54, 1.807) is 6.42 Å². The number of fused-ring (bicyclic) bond motifs is 3. The second kappa shape index (κ2) is 0.971. The van der Waals surface area contributed by atoms with Gasteiger partial charge < -0.3 is 0 Å². The highest BCUT2D eigenvalue weighted by atomic mass is 15.5. The zero-order valence-electron chi connectivity index (χ0n) is 5.01. The lowest BCUT2D eigenvalue weighted by Crippen LogP contribution is -2.13. The van der Waals surface area contributed by atoms with Gasteiger partial charge in [0.15, 0.2) is 0 Å². The summed E-state index contributed by atoms with van der Waals surface area (Å²) in [5.74, 6) is 1.18. The topological polar surface area (TPSA) is 3.01 Å². The van der Waals surface area contributed by atoms with Crippen LogP contribution in [0, 0.1) is 5.92 Å². The van der Waals surface area contributed by atoms with Crippen LogP contribution in [0.2, 0.25) is 0 Å². The van der Waals surface area contributed by atoms with Gasteiger partial charge in [0.05, 0.1) is 0 Å². The summed E-state index contributed by atoms with van der Waals surface area (Å²) in [6, 6.07) is 2.22. The molecule has 4 aliphatic rings. The molecule has 0 N–H and O–H groups in total. The number of hydrogen-bond donors (Lipinski definition) is 0. The van der Waals surface area contributed by atoms with Gasteiger partial charge in [-0.1, -0.05) is 6.42 Å². The third-order valence-corrected chi connectivity index (χ3v) is 2.97. The van der Waals surface area contributed by atoms with Crippen molar-refractivity contribution in [2.75, 3.05) is 6.54 Å². The number of hydrogen-bond acceptors (Lipinski definition) is 1. The molecule has 1 nitrogen and oxygen atoms in total. The standard InChI is InChI=1S/C7H11N/c1-2-4-8-6-5(3-1)7(6)8/h5-7H,1-4H2. The van der Waals surface area contributed by atoms with Gasteiger partial charge in [0.1, 0.15) is 0 Å². The van der Waals surface area contributed by atoms with Crippen molar-refractivity contribution in [3.05, 3.63) is 0 Å². The van der Waals surface area contributed by atoms with Crippen LogP contribution in [0.4, 0.5) is 0 Å². The van der Waals surface area contributed by atoms with Crippen molar-refractivity contribution in [1.29, 1.82) is 0 Å². The Kier molecular flexibility index (Phi) is 0.472. The molecule has 1 saturated carbocycles. The highest BCUT2D eigenvalue weighted by Crippen LogP contribution is 2.60. The van der Waals surface area contributed by atoms with Crippen molar-refractivity contribution in [3.63, 3.8) is 0 Å². The first-order valence-electron chi connectivity index (χ1n) is 3.74. The van der Waals surface area contributed by atoms with Crippen LogP contribution in [0.1, 0.15) is 19.3 Å². The Hall–Kier alpha value is -0.0400. The lowest BCUT2D eigenvalue weighted by molar-refractivity contribution is 0.369. The molecule has 0 aromatic carbocycles. The Balaban J connectivity index is 1.84. The van der Waals surface area contributed by atoms with Crippen LogP contribution in [-0.2, 0) is 0 Å². The largest absolute Gasteiger partial charge is 0.294 e. The van der Waals surface area contributed by atoms with Gasteiger partial charge in [0.2, 0.25) is 0 Å². The molecular formula is C7H11N. The SMILES string of the molecule is C1CCN2C3C(C1)C32. The minimum absolute atomic E-state index is 1.11. The molecule has 2 unspecified atom stereocenters. The zero-order valence-corrected chi connectivity index (χ0v) is 5.01. The third-order valence-electron chi connectivity index (χ3n) is 2.97. The lowest BCUT2D eigenvalue weighted by Gasteiger charge is -2.05. The van der Waals surface area contributed by atoms with E-state index < -0.39 is 0 Å². The van der Waals surface area contributed by atoms with Crippen molar-refractivity contribution in [2.24, 2.45) is 5.92 Å². The quantitative estimate of drug-likeness (QED) is 0.417. The average molecular weight is 109 g/mol. The molecule has 3 aliphatic heterocycles. The number of rotatable bonds is 0. The molecule has 1 aliphatic carbocycles. The fourth-order valence-electron chi connectivity index (χ4n) is 2.36. The van der Waals surface area contributed by atoms with E-state index in [1.165, 1.54) is 25.3 Å². The molecule has 3 saturated heterocycles. The normalized spacial score (nSPS) is 66.0. The molecule has 3 heterocycles. The molecule has 0 amide bonds. The fraction of sp³-hybridized carbons (Fsp3) is 1.00. The summed E-state index contributed by atoms with van der Waals surface area (Å²) in [7, 11) is 0. The smallest absolute Gasteiger partial charge is 0.0302 e. The van der Waals surface area contributed by atoms with Crippen LogP contribution >= 0.6 is 0 Å². The Morgan fingerprint density at radius 2 is 2.00 bits per heavy atom. The highest BCUT2D eigenvalue weighted by molar-refractivity contribution is 5.26. The third kappa shape index (κ3) is 0.278. The minimum atomic E-state index is 1.11. The summed E-state index contributed by atoms with van der Waals surface area (Å²) >= 11 is 0. The minimum Gasteiger partial charge on any atom is -0.294 e. The van der Waals surface area contributed by atoms with Crippen molar-refractivity contribution >= 4 is 0 Å². The van der Waals surface area contributed by atoms with Gasteiger partial charge in [-0.2, -0.15) is 0 Å². The maximum atomic E-state index is 2.65. The van der Waals surface area contributed by atoms with Crippen LogP contribution in [0.5, 0.6) is 0 Å². The molecule has 0 aromatic rings. The Labute approximate surface area is 49.7 Å². The van der Waals surface area contributed by atoms with Crippen LogP contribution in [-0.4, -0.2) is 23.5 Å². The second-order valence-corrected chi connectivity index (χ2v) is 3.38. The molecule has 2 bridgehead atoms. The maximum absolute atomic E-state index is 2.65. The molecular weight excluding hydrogens is 98.1 g/mol. The molecule has 0 radical (unpaired) electrons. The van der Waals surface area contributed by atoms with Gasteiger partial charge in [-0.15, -0.1) is 0 Å². The monoisotopic (exact) mass is 109 g/mol. The fourth-order valence-corrected chi connectivity index (χ4v) is 2.36. The van der Waals surface area contributed by atoms with E-state index in [4.69, 9.17) is 0 Å². The van der Waals surface area contributed by atoms with Crippen LogP contribution in [0.25, 0.3) is 0 Å². The van der Waals surface area contributed by atoms with Crippen LogP contribution < -0.4 is 0 Å². The Morgan fingerprint density at radius 3 is 2.88 bits per heavy atom. The Morgan fingerprint density at radius 1 is 1.12 bits per heavy atom. The van der Waals surface area contributed by atoms with Crippen LogP contribution in [0.3, 0.4) is 0 Å². The molecule has 0 aromatic heterocycles. The maximum Gasteiger partial charge on any atom is 0.0302 e. The van der Waals surface area contributed by atoms with E-state index in [0.29, 0.717) is 0 Å². The van der Waals surface area contributed by atoms with Crippen molar-refractivity contribution in [1.82, 2.24) is 4.90 Å². The predicted molar refractivity (Wildman–Crippen MR) is 31.6 cm³/mol. The summed E-state index contributed by atoms with van der Waals surface area (Å²) in [5, 5.41) is 0. The van der Waals surface area contributed by atoms with Crippen molar-refractivity contribution in [2.45, 2.75) is 31.3 Å². The first-order valence-corrected chi connectivity index (χ1v) is 3.74. The van der Waals surface area contributed by atoms with E-state index in [-0.39, 0.29) is 0 Å². The second-order valence-electron chi connectivity index (χ2n) is 3.38. The van der Waals surface area contributed by atoms with Gasteiger partial charge >= 0.3 is 0 Å². The van der Waals surface area contributed by atoms with Gasteiger partial charge in [-0.25, -0.2) is 0 Å². The predicted octanol–water partition coefficient (Wildman–Crippen LogP) is 0.853. The summed E-state index contributed by atoms with van der Waals surface area (Å²) in [6.07, 6.45) is 4.53. The first kappa shape index (κ1) is 3.89. The van der Waals surface area contributed by atoms with E-state index in [2.05, 4.69) is 4.90 Å². The highest BCUT2D eigenvalue weighted by Gasteiger charge is 2.71. The van der Waals surface area contributed by atoms with E-state index in [1.807, 2.05) is 0 Å². The summed E-state index contributed by atoms with van der Waals surface area (Å²) in [5.41, 5.74) is 0. The molecule has 44 valence electrons. The van der Waals surface area contributed by atoms with Gasteiger partial charge in [-0.3, -0.25) is 4.90 Å². The molecule has 4 fully saturated rings. The zero-order chi connectivity index (χ0) is 5.14. The van der Waals surface area contributed by atoms with Crippen molar-refractivity contribution in [3.8, 4) is 0 Å². The van der Waals surface area contributed by atoms with E-state index >= 15 is 0 Å². The molecule has 4 rings (SSSR count). The number of nitrogens with zero attached hydrogens (tertiary/aromatic N) is 1. The van der Waals surface area contributed by atoms with Gasteiger partial charge in [-0.05, 0) is 25.3 Å². The molecule has 1 heteroatoms.